The molecule has 0 fully saturated rings. The molecule has 0 aromatic heterocycles. The molecule has 2 unspecified atom stereocenters. The molecular formula is C13H14F6O2. The number of ether oxygens (including phenoxy) is 1. The first-order chi connectivity index (χ1) is 9.43. The Morgan fingerprint density at radius 2 is 1.38 bits per heavy atom. The van der Waals surface area contributed by atoms with Crippen molar-refractivity contribution < 1.29 is 36.2 Å². The van der Waals surface area contributed by atoms with Crippen LogP contribution in [-0.4, -0.2) is 29.7 Å². The van der Waals surface area contributed by atoms with Gasteiger partial charge in [-0.15, -0.1) is 0 Å². The van der Waals surface area contributed by atoms with Gasteiger partial charge in [0.1, 0.15) is 6.10 Å². The molecule has 1 aromatic rings. The van der Waals surface area contributed by atoms with E-state index in [9.17, 15) is 31.4 Å². The first-order valence-corrected chi connectivity index (χ1v) is 5.96. The summed E-state index contributed by atoms with van der Waals surface area (Å²) in [5.41, 5.74) is 1.01. The largest absolute Gasteiger partial charge is 0.423 e. The second kappa shape index (κ2) is 6.23. The lowest BCUT2D eigenvalue weighted by Crippen LogP contribution is -2.46. The molecule has 2 atom stereocenters. The number of halogens is 6. The molecule has 1 aromatic carbocycles. The quantitative estimate of drug-likeness (QED) is 0.853. The standard InChI is InChI=1S/C13H14F6O2/c1-7-3-5-9(6-4-7)10(20)8(2)21-11(12(14,15)16)13(17,18)19/h3-6,8,10-11,20H,1-2H3. The normalized spacial score (nSPS) is 16.1. The van der Waals surface area contributed by atoms with E-state index in [1.54, 1.807) is 19.1 Å². The fourth-order valence-corrected chi connectivity index (χ4v) is 1.66. The number of alkyl halides is 6. The van der Waals surface area contributed by atoms with Gasteiger partial charge in [0.25, 0.3) is 0 Å². The van der Waals surface area contributed by atoms with Crippen LogP contribution in [0.15, 0.2) is 24.3 Å². The van der Waals surface area contributed by atoms with Crippen LogP contribution in [0.2, 0.25) is 0 Å². The van der Waals surface area contributed by atoms with Crippen LogP contribution in [0, 0.1) is 6.92 Å². The maximum absolute atomic E-state index is 12.4. The Labute approximate surface area is 117 Å². The van der Waals surface area contributed by atoms with E-state index in [2.05, 4.69) is 4.74 Å². The van der Waals surface area contributed by atoms with Crippen molar-refractivity contribution in [2.75, 3.05) is 0 Å². The summed E-state index contributed by atoms with van der Waals surface area (Å²) in [5, 5.41) is 9.80. The fraction of sp³-hybridized carbons (Fsp3) is 0.538. The van der Waals surface area contributed by atoms with Crippen LogP contribution in [0.25, 0.3) is 0 Å². The van der Waals surface area contributed by atoms with Crippen LogP contribution >= 0.6 is 0 Å². The van der Waals surface area contributed by atoms with Crippen molar-refractivity contribution in [2.45, 2.75) is 44.5 Å². The molecule has 21 heavy (non-hydrogen) atoms. The second-order valence-electron chi connectivity index (χ2n) is 4.66. The van der Waals surface area contributed by atoms with Crippen molar-refractivity contribution in [3.05, 3.63) is 35.4 Å². The minimum Gasteiger partial charge on any atom is -0.386 e. The molecule has 0 aliphatic carbocycles. The number of hydrogen-bond donors (Lipinski definition) is 1. The van der Waals surface area contributed by atoms with Gasteiger partial charge < -0.3 is 9.84 Å². The third-order valence-electron chi connectivity index (χ3n) is 2.81. The summed E-state index contributed by atoms with van der Waals surface area (Å²) in [7, 11) is 0. The van der Waals surface area contributed by atoms with Gasteiger partial charge in [-0.3, -0.25) is 0 Å². The molecule has 120 valence electrons. The summed E-state index contributed by atoms with van der Waals surface area (Å²) in [6, 6.07) is 5.98. The van der Waals surface area contributed by atoms with Crippen molar-refractivity contribution in [3.63, 3.8) is 0 Å². The van der Waals surface area contributed by atoms with Gasteiger partial charge in [-0.2, -0.15) is 26.3 Å². The smallest absolute Gasteiger partial charge is 0.386 e. The van der Waals surface area contributed by atoms with E-state index < -0.39 is 30.7 Å². The number of aliphatic hydroxyl groups excluding tert-OH is 1. The van der Waals surface area contributed by atoms with Gasteiger partial charge >= 0.3 is 12.4 Å². The summed E-state index contributed by atoms with van der Waals surface area (Å²) in [6.07, 6.45) is -18.4. The molecule has 0 saturated heterocycles. The molecule has 0 aliphatic heterocycles. The first kappa shape index (κ1) is 17.8. The fourth-order valence-electron chi connectivity index (χ4n) is 1.66. The Morgan fingerprint density at radius 3 is 1.76 bits per heavy atom. The highest BCUT2D eigenvalue weighted by molar-refractivity contribution is 5.23. The maximum Gasteiger partial charge on any atom is 0.423 e. The van der Waals surface area contributed by atoms with E-state index >= 15 is 0 Å². The Balaban J connectivity index is 2.87. The number of rotatable bonds is 4. The summed E-state index contributed by atoms with van der Waals surface area (Å²) in [4.78, 5) is 0. The van der Waals surface area contributed by atoms with Gasteiger partial charge in [0, 0.05) is 0 Å². The monoisotopic (exact) mass is 316 g/mol. The van der Waals surface area contributed by atoms with Crippen LogP contribution in [0.4, 0.5) is 26.3 Å². The second-order valence-corrected chi connectivity index (χ2v) is 4.66. The predicted octanol–water partition coefficient (Wildman–Crippen LogP) is 3.93. The van der Waals surface area contributed by atoms with E-state index in [-0.39, 0.29) is 5.56 Å². The highest BCUT2D eigenvalue weighted by Gasteiger charge is 2.58. The molecule has 0 amide bonds. The summed E-state index contributed by atoms with van der Waals surface area (Å²) in [6.45, 7) is 2.70. The first-order valence-electron chi connectivity index (χ1n) is 5.96. The van der Waals surface area contributed by atoms with Crippen LogP contribution < -0.4 is 0 Å². The van der Waals surface area contributed by atoms with Crippen molar-refractivity contribution in [1.82, 2.24) is 0 Å². The zero-order chi connectivity index (χ0) is 16.4. The van der Waals surface area contributed by atoms with E-state index in [1.165, 1.54) is 12.1 Å². The van der Waals surface area contributed by atoms with E-state index in [0.29, 0.717) is 0 Å². The summed E-state index contributed by atoms with van der Waals surface area (Å²) < 4.78 is 78.2. The van der Waals surface area contributed by atoms with E-state index in [1.807, 2.05) is 0 Å². The highest BCUT2D eigenvalue weighted by atomic mass is 19.4. The molecule has 0 heterocycles. The number of aryl methyl sites for hydroxylation is 1. The minimum atomic E-state index is -5.60. The van der Waals surface area contributed by atoms with Crippen LogP contribution in [0.3, 0.4) is 0 Å². The third-order valence-corrected chi connectivity index (χ3v) is 2.81. The zero-order valence-corrected chi connectivity index (χ0v) is 11.2. The summed E-state index contributed by atoms with van der Waals surface area (Å²) >= 11 is 0. The van der Waals surface area contributed by atoms with Gasteiger partial charge in [0.15, 0.2) is 0 Å². The molecule has 0 aliphatic rings. The van der Waals surface area contributed by atoms with Gasteiger partial charge in [0.2, 0.25) is 6.10 Å². The average molecular weight is 316 g/mol. The van der Waals surface area contributed by atoms with E-state index in [0.717, 1.165) is 12.5 Å². The lowest BCUT2D eigenvalue weighted by molar-refractivity contribution is -0.334. The Hall–Kier alpha value is -1.28. The third kappa shape index (κ3) is 4.89. The van der Waals surface area contributed by atoms with Crippen molar-refractivity contribution in [3.8, 4) is 0 Å². The molecule has 8 heteroatoms. The summed E-state index contributed by atoms with van der Waals surface area (Å²) in [5.74, 6) is 0. The van der Waals surface area contributed by atoms with E-state index in [4.69, 9.17) is 0 Å². The van der Waals surface area contributed by atoms with Crippen LogP contribution in [0.5, 0.6) is 0 Å². The van der Waals surface area contributed by atoms with Crippen LogP contribution in [0.1, 0.15) is 24.2 Å². The molecule has 0 radical (unpaired) electrons. The number of benzene rings is 1. The molecule has 0 bridgehead atoms. The minimum absolute atomic E-state index is 0.177. The SMILES string of the molecule is Cc1ccc(C(O)C(C)OC(C(F)(F)F)C(F)(F)F)cc1. The Morgan fingerprint density at radius 1 is 0.952 bits per heavy atom. The molecule has 2 nitrogen and oxygen atoms in total. The molecule has 1 rings (SSSR count). The van der Waals surface area contributed by atoms with Gasteiger partial charge in [0.05, 0.1) is 6.10 Å². The lowest BCUT2D eigenvalue weighted by atomic mass is 10.0. The molecule has 0 spiro atoms. The van der Waals surface area contributed by atoms with Gasteiger partial charge in [-0.1, -0.05) is 29.8 Å². The van der Waals surface area contributed by atoms with Crippen LogP contribution in [-0.2, 0) is 4.74 Å². The molecule has 0 saturated carbocycles. The van der Waals surface area contributed by atoms with Crippen molar-refractivity contribution in [2.24, 2.45) is 0 Å². The lowest BCUT2D eigenvalue weighted by Gasteiger charge is -2.28. The molecule has 1 N–H and O–H groups in total. The Kier molecular flexibility index (Phi) is 5.27. The van der Waals surface area contributed by atoms with Crippen molar-refractivity contribution >= 4 is 0 Å². The number of hydrogen-bond acceptors (Lipinski definition) is 2. The number of aliphatic hydroxyl groups is 1. The van der Waals surface area contributed by atoms with Crippen molar-refractivity contribution in [1.29, 1.82) is 0 Å². The maximum atomic E-state index is 12.4. The molecular weight excluding hydrogens is 302 g/mol. The van der Waals surface area contributed by atoms with Gasteiger partial charge in [-0.05, 0) is 19.4 Å². The zero-order valence-electron chi connectivity index (χ0n) is 11.2. The Bertz CT molecular complexity index is 437. The van der Waals surface area contributed by atoms with Gasteiger partial charge in [-0.25, -0.2) is 0 Å². The highest BCUT2D eigenvalue weighted by Crippen LogP contribution is 2.37. The average Bonchev–Trinajstić information content (AvgIpc) is 2.33. The predicted molar refractivity (Wildman–Crippen MR) is 62.6 cm³/mol. The topological polar surface area (TPSA) is 29.5 Å².